The lowest BCUT2D eigenvalue weighted by Gasteiger charge is -2.05. The molecule has 0 amide bonds. The fraction of sp³-hybridized carbons (Fsp3) is 0.167. The standard InChI is InChI=1S/C18H16N2O4S/c1-12-15(13-6-2-4-8-17(13)23-12)10-19-25(21,22)11-16-14-7-3-5-9-18(14)24-20-16/h2-9,19H,10-11H2,1H3. The van der Waals surface area contributed by atoms with Crippen LogP contribution in [0.3, 0.4) is 0 Å². The predicted molar refractivity (Wildman–Crippen MR) is 94.4 cm³/mol. The topological polar surface area (TPSA) is 85.3 Å². The highest BCUT2D eigenvalue weighted by Gasteiger charge is 2.19. The largest absolute Gasteiger partial charge is 0.461 e. The van der Waals surface area contributed by atoms with E-state index in [1.165, 1.54) is 0 Å². The Balaban J connectivity index is 1.56. The Morgan fingerprint density at radius 3 is 2.48 bits per heavy atom. The van der Waals surface area contributed by atoms with Crippen molar-refractivity contribution in [2.24, 2.45) is 0 Å². The molecule has 4 aromatic rings. The minimum atomic E-state index is -3.57. The van der Waals surface area contributed by atoms with Crippen molar-refractivity contribution in [3.63, 3.8) is 0 Å². The van der Waals surface area contributed by atoms with E-state index >= 15 is 0 Å². The summed E-state index contributed by atoms with van der Waals surface area (Å²) in [6.45, 7) is 2.00. The van der Waals surface area contributed by atoms with Gasteiger partial charge in [-0.1, -0.05) is 35.5 Å². The van der Waals surface area contributed by atoms with Crippen molar-refractivity contribution in [1.82, 2.24) is 9.88 Å². The Kier molecular flexibility index (Phi) is 3.82. The van der Waals surface area contributed by atoms with E-state index in [1.54, 1.807) is 12.1 Å². The first-order valence-electron chi connectivity index (χ1n) is 7.81. The molecule has 1 N–H and O–H groups in total. The van der Waals surface area contributed by atoms with E-state index < -0.39 is 10.0 Å². The molecule has 0 bridgehead atoms. The number of rotatable bonds is 5. The van der Waals surface area contributed by atoms with Gasteiger partial charge in [0, 0.05) is 22.9 Å². The Hall–Kier alpha value is -2.64. The third-order valence-corrected chi connectivity index (χ3v) is 5.39. The van der Waals surface area contributed by atoms with Crippen molar-refractivity contribution in [3.8, 4) is 0 Å². The molecule has 2 heterocycles. The first-order chi connectivity index (χ1) is 12.0. The van der Waals surface area contributed by atoms with Gasteiger partial charge in [-0.25, -0.2) is 13.1 Å². The number of hydrogen-bond acceptors (Lipinski definition) is 5. The van der Waals surface area contributed by atoms with Crippen LogP contribution in [0.25, 0.3) is 21.9 Å². The molecule has 4 rings (SSSR count). The Bertz CT molecular complexity index is 1160. The number of nitrogens with zero attached hydrogens (tertiary/aromatic N) is 1. The van der Waals surface area contributed by atoms with E-state index in [9.17, 15) is 8.42 Å². The van der Waals surface area contributed by atoms with Gasteiger partial charge in [0.15, 0.2) is 5.58 Å². The Morgan fingerprint density at radius 2 is 1.68 bits per heavy atom. The fourth-order valence-electron chi connectivity index (χ4n) is 2.90. The SMILES string of the molecule is Cc1oc2ccccc2c1CNS(=O)(=O)Cc1noc2ccccc12. The van der Waals surface area contributed by atoms with Crippen LogP contribution in [0.1, 0.15) is 17.0 Å². The van der Waals surface area contributed by atoms with Crippen molar-refractivity contribution in [3.05, 3.63) is 65.5 Å². The van der Waals surface area contributed by atoms with Crippen LogP contribution >= 0.6 is 0 Å². The lowest BCUT2D eigenvalue weighted by molar-refractivity contribution is 0.448. The van der Waals surface area contributed by atoms with Gasteiger partial charge in [-0.2, -0.15) is 0 Å². The monoisotopic (exact) mass is 356 g/mol. The molecule has 0 fully saturated rings. The maximum Gasteiger partial charge on any atom is 0.217 e. The van der Waals surface area contributed by atoms with Crippen LogP contribution in [0.4, 0.5) is 0 Å². The number of fused-ring (bicyclic) bond motifs is 2. The molecular weight excluding hydrogens is 340 g/mol. The zero-order chi connectivity index (χ0) is 17.4. The summed E-state index contributed by atoms with van der Waals surface area (Å²) in [4.78, 5) is 0. The van der Waals surface area contributed by atoms with Crippen LogP contribution in [0, 0.1) is 6.92 Å². The molecule has 0 aliphatic heterocycles. The summed E-state index contributed by atoms with van der Waals surface area (Å²) >= 11 is 0. The molecule has 0 saturated heterocycles. The van der Waals surface area contributed by atoms with Crippen molar-refractivity contribution in [2.45, 2.75) is 19.2 Å². The third-order valence-electron chi connectivity index (χ3n) is 4.15. The number of nitrogens with one attached hydrogen (secondary N) is 1. The van der Waals surface area contributed by atoms with Crippen LogP contribution in [0.5, 0.6) is 0 Å². The zero-order valence-electron chi connectivity index (χ0n) is 13.5. The normalized spacial score (nSPS) is 12.2. The second-order valence-corrected chi connectivity index (χ2v) is 7.65. The van der Waals surface area contributed by atoms with Crippen LogP contribution in [0.15, 0.2) is 57.5 Å². The number of para-hydroxylation sites is 2. The van der Waals surface area contributed by atoms with Crippen LogP contribution in [-0.2, 0) is 22.3 Å². The minimum absolute atomic E-state index is 0.168. The van der Waals surface area contributed by atoms with Gasteiger partial charge in [-0.3, -0.25) is 0 Å². The van der Waals surface area contributed by atoms with E-state index in [1.807, 2.05) is 43.3 Å². The minimum Gasteiger partial charge on any atom is -0.461 e. The molecule has 128 valence electrons. The second kappa shape index (κ2) is 6.02. The summed E-state index contributed by atoms with van der Waals surface area (Å²) in [6.07, 6.45) is 0. The van der Waals surface area contributed by atoms with Crippen LogP contribution < -0.4 is 4.72 Å². The first-order valence-corrected chi connectivity index (χ1v) is 9.46. The van der Waals surface area contributed by atoms with Gasteiger partial charge in [0.25, 0.3) is 0 Å². The average molecular weight is 356 g/mol. The van der Waals surface area contributed by atoms with E-state index in [0.29, 0.717) is 22.4 Å². The van der Waals surface area contributed by atoms with Crippen LogP contribution in [0.2, 0.25) is 0 Å². The Morgan fingerprint density at radius 1 is 1.00 bits per heavy atom. The fourth-order valence-corrected chi connectivity index (χ4v) is 3.93. The van der Waals surface area contributed by atoms with Crippen molar-refractivity contribution in [2.75, 3.05) is 0 Å². The average Bonchev–Trinajstić information content (AvgIpc) is 3.13. The predicted octanol–water partition coefficient (Wildman–Crippen LogP) is 3.50. The summed E-state index contributed by atoms with van der Waals surface area (Å²) in [5, 5.41) is 5.50. The van der Waals surface area contributed by atoms with Crippen molar-refractivity contribution < 1.29 is 17.4 Å². The number of aromatic nitrogens is 1. The maximum atomic E-state index is 12.5. The zero-order valence-corrected chi connectivity index (χ0v) is 14.3. The van der Waals surface area contributed by atoms with Gasteiger partial charge < -0.3 is 8.94 Å². The molecule has 0 spiro atoms. The molecule has 0 aliphatic rings. The van der Waals surface area contributed by atoms with Crippen molar-refractivity contribution in [1.29, 1.82) is 0 Å². The number of hydrogen-bond donors (Lipinski definition) is 1. The van der Waals surface area contributed by atoms with E-state index in [4.69, 9.17) is 8.94 Å². The maximum absolute atomic E-state index is 12.5. The van der Waals surface area contributed by atoms with Gasteiger partial charge in [-0.05, 0) is 25.1 Å². The van der Waals surface area contributed by atoms with Gasteiger partial charge in [0.05, 0.1) is 0 Å². The van der Waals surface area contributed by atoms with Gasteiger partial charge in [0.1, 0.15) is 22.8 Å². The number of benzene rings is 2. The van der Waals surface area contributed by atoms with E-state index in [-0.39, 0.29) is 12.3 Å². The highest BCUT2D eigenvalue weighted by Crippen LogP contribution is 2.25. The van der Waals surface area contributed by atoms with E-state index in [2.05, 4.69) is 9.88 Å². The molecule has 25 heavy (non-hydrogen) atoms. The summed E-state index contributed by atoms with van der Waals surface area (Å²) in [7, 11) is -3.57. The molecule has 7 heteroatoms. The molecule has 0 atom stereocenters. The highest BCUT2D eigenvalue weighted by atomic mass is 32.2. The molecule has 2 aromatic heterocycles. The number of aryl methyl sites for hydroxylation is 1. The number of sulfonamides is 1. The lowest BCUT2D eigenvalue weighted by atomic mass is 10.1. The molecule has 0 aliphatic carbocycles. The molecular formula is C18H16N2O4S. The highest BCUT2D eigenvalue weighted by molar-refractivity contribution is 7.88. The van der Waals surface area contributed by atoms with Crippen molar-refractivity contribution >= 4 is 32.0 Å². The van der Waals surface area contributed by atoms with Gasteiger partial charge in [0.2, 0.25) is 10.0 Å². The first kappa shape index (κ1) is 15.9. The van der Waals surface area contributed by atoms with E-state index in [0.717, 1.165) is 16.5 Å². The lowest BCUT2D eigenvalue weighted by Crippen LogP contribution is -2.25. The number of furan rings is 1. The summed E-state index contributed by atoms with van der Waals surface area (Å²) in [5.74, 6) is 0.467. The smallest absolute Gasteiger partial charge is 0.217 e. The summed E-state index contributed by atoms with van der Waals surface area (Å²) < 4.78 is 38.4. The molecule has 6 nitrogen and oxygen atoms in total. The van der Waals surface area contributed by atoms with Gasteiger partial charge in [-0.15, -0.1) is 0 Å². The third kappa shape index (κ3) is 3.04. The molecule has 2 aromatic carbocycles. The van der Waals surface area contributed by atoms with Crippen LogP contribution in [-0.4, -0.2) is 13.6 Å². The summed E-state index contributed by atoms with van der Waals surface area (Å²) in [5.41, 5.74) is 2.56. The summed E-state index contributed by atoms with van der Waals surface area (Å²) in [6, 6.07) is 14.8. The molecule has 0 radical (unpaired) electrons. The van der Waals surface area contributed by atoms with Gasteiger partial charge >= 0.3 is 0 Å². The second-order valence-electron chi connectivity index (χ2n) is 5.84. The molecule has 0 saturated carbocycles. The quantitative estimate of drug-likeness (QED) is 0.591. The Labute approximate surface area is 144 Å². The molecule has 0 unspecified atom stereocenters.